The quantitative estimate of drug-likeness (QED) is 0.336. The van der Waals surface area contributed by atoms with Gasteiger partial charge in [0.25, 0.3) is 0 Å². The molecule has 1 fully saturated rings. The van der Waals surface area contributed by atoms with E-state index in [2.05, 4.69) is 6.92 Å². The van der Waals surface area contributed by atoms with Crippen molar-refractivity contribution in [2.75, 3.05) is 13.2 Å². The lowest BCUT2D eigenvalue weighted by molar-refractivity contribution is 0.189. The van der Waals surface area contributed by atoms with E-state index < -0.39 is 11.4 Å². The van der Waals surface area contributed by atoms with Crippen LogP contribution in [0.15, 0.2) is 0 Å². The van der Waals surface area contributed by atoms with Gasteiger partial charge in [-0.15, -0.1) is 0 Å². The predicted molar refractivity (Wildman–Crippen MR) is 98.5 cm³/mol. The fourth-order valence-corrected chi connectivity index (χ4v) is 3.88. The minimum Gasteiger partial charge on any atom is -0.268 e. The molecule has 4 heteroatoms. The van der Waals surface area contributed by atoms with E-state index >= 15 is 0 Å². The normalized spacial score (nSPS) is 17.4. The van der Waals surface area contributed by atoms with Crippen molar-refractivity contribution in [3.63, 3.8) is 0 Å². The summed E-state index contributed by atoms with van der Waals surface area (Å²) in [5, 5.41) is 0. The number of unbranched alkanes of at least 4 members (excludes halogenated alkanes) is 9. The highest BCUT2D eigenvalue weighted by Crippen LogP contribution is 2.23. The van der Waals surface area contributed by atoms with Crippen LogP contribution in [0.2, 0.25) is 0 Å². The zero-order valence-electron chi connectivity index (χ0n) is 15.2. The van der Waals surface area contributed by atoms with Gasteiger partial charge in [-0.05, 0) is 25.2 Å². The molecule has 1 atom stereocenters. The molecule has 1 rings (SSSR count). The van der Waals surface area contributed by atoms with Crippen molar-refractivity contribution < 1.29 is 12.6 Å². The van der Waals surface area contributed by atoms with Crippen LogP contribution in [0.1, 0.15) is 103 Å². The molecule has 1 aliphatic carbocycles. The Hall–Kier alpha value is 0.0700. The third-order valence-corrected chi connectivity index (χ3v) is 5.49. The van der Waals surface area contributed by atoms with E-state index in [4.69, 9.17) is 8.37 Å². The van der Waals surface area contributed by atoms with Gasteiger partial charge in [-0.25, -0.2) is 0 Å². The van der Waals surface area contributed by atoms with E-state index in [9.17, 15) is 4.21 Å². The van der Waals surface area contributed by atoms with Crippen molar-refractivity contribution in [3.8, 4) is 0 Å². The van der Waals surface area contributed by atoms with Crippen molar-refractivity contribution >= 4 is 11.4 Å². The van der Waals surface area contributed by atoms with Crippen molar-refractivity contribution in [1.82, 2.24) is 0 Å². The van der Waals surface area contributed by atoms with Gasteiger partial charge in [-0.3, -0.25) is 8.37 Å². The molecule has 0 N–H and O–H groups in total. The topological polar surface area (TPSA) is 35.5 Å². The van der Waals surface area contributed by atoms with Gasteiger partial charge < -0.3 is 0 Å². The maximum Gasteiger partial charge on any atom is 0.304 e. The zero-order chi connectivity index (χ0) is 16.6. The molecule has 0 aromatic carbocycles. The number of hydrogen-bond acceptors (Lipinski definition) is 3. The van der Waals surface area contributed by atoms with Crippen LogP contribution >= 0.6 is 0 Å². The highest BCUT2D eigenvalue weighted by molar-refractivity contribution is 7.75. The molecule has 1 aliphatic rings. The average molecular weight is 347 g/mol. The Balaban J connectivity index is 1.78. The van der Waals surface area contributed by atoms with Gasteiger partial charge in [0.05, 0.1) is 13.2 Å². The Labute approximate surface area is 146 Å². The van der Waals surface area contributed by atoms with Gasteiger partial charge in [0.15, 0.2) is 0 Å². The summed E-state index contributed by atoms with van der Waals surface area (Å²) in [7, 11) is 0. The van der Waals surface area contributed by atoms with Crippen LogP contribution in [-0.4, -0.2) is 17.4 Å². The highest BCUT2D eigenvalue weighted by Gasteiger charge is 2.15. The smallest absolute Gasteiger partial charge is 0.268 e. The fourth-order valence-electron chi connectivity index (χ4n) is 3.26. The Morgan fingerprint density at radius 1 is 0.783 bits per heavy atom. The van der Waals surface area contributed by atoms with Crippen LogP contribution in [0, 0.1) is 5.92 Å². The molecule has 0 aromatic rings. The van der Waals surface area contributed by atoms with Crippen LogP contribution in [-0.2, 0) is 19.7 Å². The largest absolute Gasteiger partial charge is 0.304 e. The third kappa shape index (κ3) is 13.1. The first-order valence-corrected chi connectivity index (χ1v) is 11.0. The van der Waals surface area contributed by atoms with Crippen LogP contribution in [0.25, 0.3) is 0 Å². The lowest BCUT2D eigenvalue weighted by Gasteiger charge is -2.20. The first-order chi connectivity index (χ1) is 11.3. The second-order valence-electron chi connectivity index (χ2n) is 7.00. The molecule has 0 saturated heterocycles. The SMILES string of the molecule is CCCCCCCCCCCCOS(=O)OCC1CCCCC1. The molecule has 138 valence electrons. The highest BCUT2D eigenvalue weighted by atomic mass is 32.2. The molecule has 0 aromatic heterocycles. The summed E-state index contributed by atoms with van der Waals surface area (Å²) in [5.41, 5.74) is 0. The van der Waals surface area contributed by atoms with Gasteiger partial charge in [0.1, 0.15) is 0 Å². The van der Waals surface area contributed by atoms with Crippen molar-refractivity contribution in [3.05, 3.63) is 0 Å². The second kappa shape index (κ2) is 15.6. The Morgan fingerprint density at radius 3 is 1.96 bits per heavy atom. The van der Waals surface area contributed by atoms with Gasteiger partial charge in [-0.1, -0.05) is 84.0 Å². The zero-order valence-corrected chi connectivity index (χ0v) is 16.0. The molecular formula is C19H38O3S. The second-order valence-corrected chi connectivity index (χ2v) is 7.88. The molecule has 0 radical (unpaired) electrons. The average Bonchev–Trinajstić information content (AvgIpc) is 2.59. The number of hydrogen-bond donors (Lipinski definition) is 0. The Morgan fingerprint density at radius 2 is 1.35 bits per heavy atom. The standard InChI is InChI=1S/C19H38O3S/c1-2-3-4-5-6-7-8-9-10-14-17-21-23(20)22-18-19-15-12-11-13-16-19/h19H,2-18H2,1H3. The van der Waals surface area contributed by atoms with Crippen molar-refractivity contribution in [2.24, 2.45) is 5.92 Å². The molecule has 0 heterocycles. The van der Waals surface area contributed by atoms with Crippen LogP contribution in [0.5, 0.6) is 0 Å². The van der Waals surface area contributed by atoms with Crippen LogP contribution < -0.4 is 0 Å². The maximum atomic E-state index is 11.6. The lowest BCUT2D eigenvalue weighted by atomic mass is 9.90. The van der Waals surface area contributed by atoms with E-state index in [-0.39, 0.29) is 0 Å². The first kappa shape index (κ1) is 21.1. The molecule has 0 aliphatic heterocycles. The van der Waals surface area contributed by atoms with E-state index in [1.54, 1.807) is 0 Å². The molecular weight excluding hydrogens is 308 g/mol. The molecule has 23 heavy (non-hydrogen) atoms. The van der Waals surface area contributed by atoms with Gasteiger partial charge in [-0.2, -0.15) is 4.21 Å². The van der Waals surface area contributed by atoms with E-state index in [0.717, 1.165) is 6.42 Å². The van der Waals surface area contributed by atoms with E-state index in [1.807, 2.05) is 0 Å². The minimum atomic E-state index is -1.54. The number of rotatable bonds is 15. The predicted octanol–water partition coefficient (Wildman–Crippen LogP) is 6.10. The monoisotopic (exact) mass is 346 g/mol. The summed E-state index contributed by atoms with van der Waals surface area (Å²) in [4.78, 5) is 0. The Bertz CT molecular complexity index is 278. The molecule has 0 spiro atoms. The maximum absolute atomic E-state index is 11.6. The molecule has 1 saturated carbocycles. The lowest BCUT2D eigenvalue weighted by Crippen LogP contribution is -2.15. The molecule has 0 bridgehead atoms. The van der Waals surface area contributed by atoms with Gasteiger partial charge in [0.2, 0.25) is 0 Å². The van der Waals surface area contributed by atoms with Crippen LogP contribution in [0.4, 0.5) is 0 Å². The van der Waals surface area contributed by atoms with Gasteiger partial charge >= 0.3 is 11.4 Å². The minimum absolute atomic E-state index is 0.563. The van der Waals surface area contributed by atoms with E-state index in [1.165, 1.54) is 89.9 Å². The first-order valence-electron chi connectivity index (χ1n) is 10.0. The third-order valence-electron chi connectivity index (χ3n) is 4.80. The van der Waals surface area contributed by atoms with Gasteiger partial charge in [0, 0.05) is 0 Å². The summed E-state index contributed by atoms with van der Waals surface area (Å²) in [6, 6.07) is 0. The summed E-state index contributed by atoms with van der Waals surface area (Å²) in [6.07, 6.45) is 19.4. The summed E-state index contributed by atoms with van der Waals surface area (Å²) in [6.45, 7) is 3.43. The van der Waals surface area contributed by atoms with Crippen molar-refractivity contribution in [1.29, 1.82) is 0 Å². The molecule has 0 amide bonds. The Kier molecular flexibility index (Phi) is 14.3. The molecule has 3 nitrogen and oxygen atoms in total. The van der Waals surface area contributed by atoms with Crippen LogP contribution in [0.3, 0.4) is 0 Å². The molecule has 1 unspecified atom stereocenters. The summed E-state index contributed by atoms with van der Waals surface area (Å²) in [5.74, 6) is 0.591. The van der Waals surface area contributed by atoms with Crippen molar-refractivity contribution in [2.45, 2.75) is 103 Å². The fraction of sp³-hybridized carbons (Fsp3) is 1.00. The van der Waals surface area contributed by atoms with E-state index in [0.29, 0.717) is 19.1 Å². The summed E-state index contributed by atoms with van der Waals surface area (Å²) >= 11 is -1.54. The summed E-state index contributed by atoms with van der Waals surface area (Å²) < 4.78 is 22.2.